The van der Waals surface area contributed by atoms with Crippen LogP contribution in [0.1, 0.15) is 6.92 Å². The molecule has 2 aromatic carbocycles. The van der Waals surface area contributed by atoms with Gasteiger partial charge in [-0.05, 0) is 43.3 Å². The Labute approximate surface area is 186 Å². The molecule has 3 rings (SSSR count). The Morgan fingerprint density at radius 2 is 1.81 bits per heavy atom. The molecule has 0 spiro atoms. The molecule has 2 N–H and O–H groups in total. The van der Waals surface area contributed by atoms with Crippen molar-refractivity contribution < 1.29 is 18.4 Å². The predicted molar refractivity (Wildman–Crippen MR) is 115 cm³/mol. The van der Waals surface area contributed by atoms with Crippen molar-refractivity contribution in [2.45, 2.75) is 18.6 Å². The zero-order valence-electron chi connectivity index (χ0n) is 16.4. The maximum Gasteiger partial charge on any atom is 0.243 e. The molecule has 0 radical (unpaired) electrons. The van der Waals surface area contributed by atoms with Gasteiger partial charge in [0, 0.05) is 28.9 Å². The quantitative estimate of drug-likeness (QED) is 0.495. The van der Waals surface area contributed by atoms with E-state index in [4.69, 9.17) is 11.6 Å². The second-order valence-corrected chi connectivity index (χ2v) is 7.68. The Hall–Kier alpha value is -2.98. The molecule has 11 heteroatoms. The molecule has 162 valence electrons. The number of amides is 2. The van der Waals surface area contributed by atoms with Crippen LogP contribution in [0.15, 0.2) is 47.6 Å². The molecule has 3 aromatic rings. The van der Waals surface area contributed by atoms with Gasteiger partial charge in [0.2, 0.25) is 11.8 Å². The molecule has 0 aliphatic rings. The fourth-order valence-electron chi connectivity index (χ4n) is 2.63. The summed E-state index contributed by atoms with van der Waals surface area (Å²) in [6.45, 7) is 2.23. The van der Waals surface area contributed by atoms with Crippen molar-refractivity contribution in [2.24, 2.45) is 0 Å². The van der Waals surface area contributed by atoms with Gasteiger partial charge in [-0.15, -0.1) is 10.2 Å². The van der Waals surface area contributed by atoms with Crippen molar-refractivity contribution in [1.82, 2.24) is 20.1 Å². The van der Waals surface area contributed by atoms with Gasteiger partial charge in [-0.2, -0.15) is 0 Å². The molecule has 2 amide bonds. The number of anilines is 1. The van der Waals surface area contributed by atoms with E-state index in [0.29, 0.717) is 22.5 Å². The summed E-state index contributed by atoms with van der Waals surface area (Å²) in [5.41, 5.74) is 0.947. The first kappa shape index (κ1) is 22.7. The fourth-order valence-corrected chi connectivity index (χ4v) is 3.59. The molecule has 0 fully saturated rings. The second kappa shape index (κ2) is 10.4. The van der Waals surface area contributed by atoms with Crippen molar-refractivity contribution in [1.29, 1.82) is 0 Å². The van der Waals surface area contributed by atoms with Gasteiger partial charge in [-0.1, -0.05) is 23.4 Å². The Morgan fingerprint density at radius 1 is 1.06 bits per heavy atom. The summed E-state index contributed by atoms with van der Waals surface area (Å²) in [5.74, 6) is -2.35. The van der Waals surface area contributed by atoms with Gasteiger partial charge in [0.05, 0.1) is 12.3 Å². The van der Waals surface area contributed by atoms with Gasteiger partial charge in [-0.3, -0.25) is 9.59 Å². The highest BCUT2D eigenvalue weighted by Crippen LogP contribution is 2.25. The molecule has 0 saturated heterocycles. The number of nitrogens with zero attached hydrogens (tertiary/aromatic N) is 3. The number of hydrogen-bond donors (Lipinski definition) is 2. The van der Waals surface area contributed by atoms with Crippen LogP contribution in [0.25, 0.3) is 11.4 Å². The average Bonchev–Trinajstić information content (AvgIpc) is 3.17. The van der Waals surface area contributed by atoms with Gasteiger partial charge in [-0.25, -0.2) is 8.78 Å². The smallest absolute Gasteiger partial charge is 0.243 e. The number of aromatic nitrogens is 3. The molecule has 31 heavy (non-hydrogen) atoms. The molecule has 0 aliphatic carbocycles. The van der Waals surface area contributed by atoms with E-state index in [9.17, 15) is 18.4 Å². The molecular weight excluding hydrogens is 448 g/mol. The summed E-state index contributed by atoms with van der Waals surface area (Å²) in [6.07, 6.45) is 0. The van der Waals surface area contributed by atoms with Crippen LogP contribution in [0.5, 0.6) is 0 Å². The van der Waals surface area contributed by atoms with E-state index in [0.717, 1.165) is 17.7 Å². The standard InChI is InChI=1S/C20H18ClF2N5O2S/c1-2-28-19(12-3-5-13(21)6-4-12)26-27-20(28)31-11-18(30)24-10-17(29)25-14-7-8-15(22)16(23)9-14/h3-9H,2,10-11H2,1H3,(H,24,30)(H,25,29). The topological polar surface area (TPSA) is 88.9 Å². The van der Waals surface area contributed by atoms with Crippen LogP contribution in [-0.2, 0) is 16.1 Å². The van der Waals surface area contributed by atoms with Gasteiger partial charge in [0.25, 0.3) is 0 Å². The zero-order chi connectivity index (χ0) is 22.4. The Balaban J connectivity index is 1.52. The van der Waals surface area contributed by atoms with Crippen LogP contribution in [0.2, 0.25) is 5.02 Å². The van der Waals surface area contributed by atoms with E-state index in [1.54, 1.807) is 12.1 Å². The third kappa shape index (κ3) is 6.02. The van der Waals surface area contributed by atoms with Crippen LogP contribution in [-0.4, -0.2) is 38.9 Å². The van der Waals surface area contributed by atoms with Gasteiger partial charge in [0.15, 0.2) is 22.6 Å². The molecule has 0 atom stereocenters. The van der Waals surface area contributed by atoms with Gasteiger partial charge in [0.1, 0.15) is 0 Å². The van der Waals surface area contributed by atoms with Crippen LogP contribution in [0.3, 0.4) is 0 Å². The molecule has 1 heterocycles. The van der Waals surface area contributed by atoms with Gasteiger partial charge < -0.3 is 15.2 Å². The van der Waals surface area contributed by atoms with Crippen LogP contribution in [0.4, 0.5) is 14.5 Å². The summed E-state index contributed by atoms with van der Waals surface area (Å²) >= 11 is 7.11. The Kier molecular flexibility index (Phi) is 7.59. The minimum atomic E-state index is -1.07. The molecule has 0 saturated carbocycles. The Morgan fingerprint density at radius 3 is 2.48 bits per heavy atom. The number of thioether (sulfide) groups is 1. The lowest BCUT2D eigenvalue weighted by Gasteiger charge is -2.08. The lowest BCUT2D eigenvalue weighted by molar-refractivity contribution is -0.122. The molecule has 1 aromatic heterocycles. The van der Waals surface area contributed by atoms with Crippen LogP contribution >= 0.6 is 23.4 Å². The summed E-state index contributed by atoms with van der Waals surface area (Å²) in [5, 5.41) is 14.4. The summed E-state index contributed by atoms with van der Waals surface area (Å²) in [7, 11) is 0. The highest BCUT2D eigenvalue weighted by Gasteiger charge is 2.15. The van der Waals surface area contributed by atoms with E-state index in [2.05, 4.69) is 20.8 Å². The molecule has 0 bridgehead atoms. The van der Waals surface area contributed by atoms with Crippen molar-refractivity contribution in [3.63, 3.8) is 0 Å². The Bertz CT molecular complexity index is 1090. The molecule has 7 nitrogen and oxygen atoms in total. The zero-order valence-corrected chi connectivity index (χ0v) is 17.9. The van der Waals surface area contributed by atoms with Crippen molar-refractivity contribution in [3.8, 4) is 11.4 Å². The lowest BCUT2D eigenvalue weighted by Crippen LogP contribution is -2.34. The largest absolute Gasteiger partial charge is 0.346 e. The minimum Gasteiger partial charge on any atom is -0.346 e. The average molecular weight is 466 g/mol. The number of hydrogen-bond acceptors (Lipinski definition) is 5. The van der Waals surface area contributed by atoms with E-state index in [1.807, 2.05) is 23.6 Å². The van der Waals surface area contributed by atoms with Gasteiger partial charge >= 0.3 is 0 Å². The summed E-state index contributed by atoms with van der Waals surface area (Å²) < 4.78 is 28.0. The van der Waals surface area contributed by atoms with E-state index < -0.39 is 17.5 Å². The maximum absolute atomic E-state index is 13.2. The summed E-state index contributed by atoms with van der Waals surface area (Å²) in [6, 6.07) is 10.2. The molecule has 0 aliphatic heterocycles. The fraction of sp³-hybridized carbons (Fsp3) is 0.200. The third-order valence-corrected chi connectivity index (χ3v) is 5.34. The number of halogens is 3. The van der Waals surface area contributed by atoms with E-state index in [1.165, 1.54) is 17.8 Å². The molecule has 0 unspecified atom stereocenters. The number of benzene rings is 2. The first-order valence-electron chi connectivity index (χ1n) is 9.21. The maximum atomic E-state index is 13.2. The first-order chi connectivity index (χ1) is 14.9. The second-order valence-electron chi connectivity index (χ2n) is 6.30. The number of carbonyl (C=O) groups is 2. The van der Waals surface area contributed by atoms with E-state index >= 15 is 0 Å². The number of rotatable bonds is 8. The normalized spacial score (nSPS) is 10.7. The molecular formula is C20H18ClF2N5O2S. The van der Waals surface area contributed by atoms with Crippen molar-refractivity contribution in [2.75, 3.05) is 17.6 Å². The van der Waals surface area contributed by atoms with E-state index in [-0.39, 0.29) is 23.9 Å². The summed E-state index contributed by atoms with van der Waals surface area (Å²) in [4.78, 5) is 24.0. The predicted octanol–water partition coefficient (Wildman–Crippen LogP) is 3.74. The number of carbonyl (C=O) groups excluding carboxylic acids is 2. The van der Waals surface area contributed by atoms with Crippen LogP contribution < -0.4 is 10.6 Å². The van der Waals surface area contributed by atoms with Crippen molar-refractivity contribution in [3.05, 3.63) is 59.1 Å². The first-order valence-corrected chi connectivity index (χ1v) is 10.6. The highest BCUT2D eigenvalue weighted by molar-refractivity contribution is 7.99. The minimum absolute atomic E-state index is 0.0250. The SMILES string of the molecule is CCn1c(SCC(=O)NCC(=O)Nc2ccc(F)c(F)c2)nnc1-c1ccc(Cl)cc1. The van der Waals surface area contributed by atoms with Crippen LogP contribution in [0, 0.1) is 11.6 Å². The lowest BCUT2D eigenvalue weighted by atomic mass is 10.2. The van der Waals surface area contributed by atoms with Crippen molar-refractivity contribution >= 4 is 40.9 Å². The number of nitrogens with one attached hydrogen (secondary N) is 2. The third-order valence-electron chi connectivity index (χ3n) is 4.12. The highest BCUT2D eigenvalue weighted by atomic mass is 35.5. The monoisotopic (exact) mass is 465 g/mol.